The Kier molecular flexibility index (Phi) is 8.42. The van der Waals surface area contributed by atoms with Crippen LogP contribution in [0, 0.1) is 11.3 Å². The number of esters is 1. The van der Waals surface area contributed by atoms with Crippen molar-refractivity contribution in [2.24, 2.45) is 0 Å². The summed E-state index contributed by atoms with van der Waals surface area (Å²) in [4.78, 5) is 12.5. The Hall–Kier alpha value is -3.66. The van der Waals surface area contributed by atoms with Gasteiger partial charge in [0.1, 0.15) is 11.5 Å². The van der Waals surface area contributed by atoms with Gasteiger partial charge in [-0.1, -0.05) is 35.3 Å². The number of hydrogen-bond acceptors (Lipinski definition) is 6. The average molecular weight is 498 g/mol. The molecule has 8 heteroatoms. The predicted molar refractivity (Wildman–Crippen MR) is 132 cm³/mol. The predicted octanol–water partition coefficient (Wildman–Crippen LogP) is 6.45. The number of nitriles is 1. The van der Waals surface area contributed by atoms with Gasteiger partial charge in [0.15, 0.2) is 17.6 Å². The Bertz CT molecular complexity index is 1270. The molecule has 0 radical (unpaired) electrons. The summed E-state index contributed by atoms with van der Waals surface area (Å²) in [5.41, 5.74) is 1.73. The molecular formula is C26H21Cl2NO5. The van der Waals surface area contributed by atoms with Crippen molar-refractivity contribution < 1.29 is 23.7 Å². The first-order valence-corrected chi connectivity index (χ1v) is 10.9. The molecule has 0 heterocycles. The molecule has 0 aliphatic carbocycles. The highest BCUT2D eigenvalue weighted by molar-refractivity contribution is 6.35. The summed E-state index contributed by atoms with van der Waals surface area (Å²) < 4.78 is 21.6. The molecule has 6 nitrogen and oxygen atoms in total. The van der Waals surface area contributed by atoms with Crippen LogP contribution in [0.4, 0.5) is 0 Å². The molecule has 0 aromatic heterocycles. The topological polar surface area (TPSA) is 77.8 Å². The Morgan fingerprint density at radius 3 is 2.38 bits per heavy atom. The van der Waals surface area contributed by atoms with E-state index in [9.17, 15) is 10.1 Å². The van der Waals surface area contributed by atoms with E-state index >= 15 is 0 Å². The summed E-state index contributed by atoms with van der Waals surface area (Å²) in [5.74, 6) is 1.10. The molecule has 1 unspecified atom stereocenters. The van der Waals surface area contributed by atoms with Gasteiger partial charge in [-0.25, -0.2) is 4.79 Å². The summed E-state index contributed by atoms with van der Waals surface area (Å²) in [5, 5.41) is 10.4. The lowest BCUT2D eigenvalue weighted by Gasteiger charge is -2.15. The lowest BCUT2D eigenvalue weighted by atomic mass is 10.0. The molecular weight excluding hydrogens is 477 g/mol. The molecule has 0 saturated carbocycles. The van der Waals surface area contributed by atoms with Gasteiger partial charge in [-0.2, -0.15) is 5.26 Å². The second kappa shape index (κ2) is 11.5. The molecule has 0 aliphatic heterocycles. The first kappa shape index (κ1) is 25.0. The molecule has 0 spiro atoms. The van der Waals surface area contributed by atoms with Gasteiger partial charge in [0, 0.05) is 5.02 Å². The number of halogens is 2. The molecule has 1 atom stereocenters. The minimum atomic E-state index is -0.917. The van der Waals surface area contributed by atoms with Crippen LogP contribution in [0.1, 0.15) is 18.1 Å². The Morgan fingerprint density at radius 2 is 1.71 bits per heavy atom. The van der Waals surface area contributed by atoms with Crippen LogP contribution < -0.4 is 18.9 Å². The van der Waals surface area contributed by atoms with Gasteiger partial charge >= 0.3 is 5.97 Å². The molecule has 3 aromatic rings. The van der Waals surface area contributed by atoms with Crippen LogP contribution in [0.5, 0.6) is 23.0 Å². The maximum atomic E-state index is 12.5. The molecule has 0 saturated heterocycles. The lowest BCUT2D eigenvalue weighted by molar-refractivity contribution is -0.141. The first-order chi connectivity index (χ1) is 16.3. The van der Waals surface area contributed by atoms with E-state index < -0.39 is 12.1 Å². The molecule has 0 amide bonds. The van der Waals surface area contributed by atoms with Gasteiger partial charge in [-0.05, 0) is 72.7 Å². The molecule has 0 N–H and O–H groups in total. The van der Waals surface area contributed by atoms with Crippen LogP contribution >= 0.6 is 23.2 Å². The van der Waals surface area contributed by atoms with Crippen molar-refractivity contribution in [3.63, 3.8) is 0 Å². The average Bonchev–Trinajstić information content (AvgIpc) is 2.84. The number of rotatable bonds is 8. The normalized spacial score (nSPS) is 11.8. The second-order valence-corrected chi connectivity index (χ2v) is 7.91. The number of hydrogen-bond donors (Lipinski definition) is 0. The number of carbonyl (C=O) groups is 1. The number of benzene rings is 3. The van der Waals surface area contributed by atoms with Gasteiger partial charge in [0.2, 0.25) is 0 Å². The molecule has 0 fully saturated rings. The van der Waals surface area contributed by atoms with Crippen LogP contribution in [0.25, 0.3) is 11.6 Å². The van der Waals surface area contributed by atoms with Crippen LogP contribution in [0.2, 0.25) is 10.0 Å². The largest absolute Gasteiger partial charge is 0.493 e. The quantitative estimate of drug-likeness (QED) is 0.154. The van der Waals surface area contributed by atoms with Crippen molar-refractivity contribution in [2.75, 3.05) is 14.2 Å². The van der Waals surface area contributed by atoms with Crippen molar-refractivity contribution in [3.05, 3.63) is 81.8 Å². The van der Waals surface area contributed by atoms with Crippen LogP contribution in [0.15, 0.2) is 60.7 Å². The summed E-state index contributed by atoms with van der Waals surface area (Å²) in [6.45, 7) is 1.56. The van der Waals surface area contributed by atoms with Crippen molar-refractivity contribution in [2.45, 2.75) is 13.0 Å². The number of nitrogens with zero attached hydrogens (tertiary/aromatic N) is 1. The third-order valence-corrected chi connectivity index (χ3v) is 5.26. The summed E-state index contributed by atoms with van der Waals surface area (Å²) in [6, 6.07) is 18.9. The van der Waals surface area contributed by atoms with E-state index in [0.717, 1.165) is 0 Å². The van der Waals surface area contributed by atoms with Crippen molar-refractivity contribution in [1.29, 1.82) is 5.26 Å². The first-order valence-electron chi connectivity index (χ1n) is 10.1. The van der Waals surface area contributed by atoms with E-state index in [4.69, 9.17) is 42.1 Å². The minimum Gasteiger partial charge on any atom is -0.493 e. The number of carbonyl (C=O) groups excluding carboxylic acids is 1. The second-order valence-electron chi connectivity index (χ2n) is 7.07. The fourth-order valence-corrected chi connectivity index (χ4v) is 3.48. The third-order valence-electron chi connectivity index (χ3n) is 4.73. The van der Waals surface area contributed by atoms with Crippen molar-refractivity contribution in [1.82, 2.24) is 0 Å². The van der Waals surface area contributed by atoms with Crippen LogP contribution in [-0.4, -0.2) is 26.3 Å². The monoisotopic (exact) mass is 497 g/mol. The van der Waals surface area contributed by atoms with Crippen LogP contribution in [0.3, 0.4) is 0 Å². The zero-order chi connectivity index (χ0) is 24.7. The highest BCUT2D eigenvalue weighted by Gasteiger charge is 2.19. The SMILES string of the molecule is COc1ccc(/C(C#N)=C\c2cccc(OC(=O)C(C)Oc3ccc(Cl)cc3Cl)c2)cc1OC. The fraction of sp³-hybridized carbons (Fsp3) is 0.154. The summed E-state index contributed by atoms with van der Waals surface area (Å²) in [6.07, 6.45) is 0.769. The van der Waals surface area contributed by atoms with Gasteiger partial charge in [-0.15, -0.1) is 0 Å². The zero-order valence-corrected chi connectivity index (χ0v) is 20.2. The van der Waals surface area contributed by atoms with E-state index in [1.54, 1.807) is 74.7 Å². The van der Waals surface area contributed by atoms with E-state index in [-0.39, 0.29) is 0 Å². The van der Waals surface area contributed by atoms with Gasteiger partial charge in [0.05, 0.1) is 30.9 Å². The van der Waals surface area contributed by atoms with Gasteiger partial charge in [-0.3, -0.25) is 0 Å². The Labute approximate surface area is 207 Å². The van der Waals surface area contributed by atoms with E-state index in [1.165, 1.54) is 13.2 Å². The molecule has 0 aliphatic rings. The number of methoxy groups -OCH3 is 2. The maximum Gasteiger partial charge on any atom is 0.352 e. The van der Waals surface area contributed by atoms with Gasteiger partial charge in [0.25, 0.3) is 0 Å². The van der Waals surface area contributed by atoms with E-state index in [0.29, 0.717) is 49.7 Å². The zero-order valence-electron chi connectivity index (χ0n) is 18.7. The molecule has 3 aromatic carbocycles. The van der Waals surface area contributed by atoms with Crippen molar-refractivity contribution >= 4 is 40.8 Å². The maximum absolute atomic E-state index is 12.5. The third kappa shape index (κ3) is 6.22. The minimum absolute atomic E-state index is 0.290. The summed E-state index contributed by atoms with van der Waals surface area (Å²) in [7, 11) is 3.07. The summed E-state index contributed by atoms with van der Waals surface area (Å²) >= 11 is 12.0. The number of ether oxygens (including phenoxy) is 4. The molecule has 34 heavy (non-hydrogen) atoms. The highest BCUT2D eigenvalue weighted by atomic mass is 35.5. The molecule has 0 bridgehead atoms. The van der Waals surface area contributed by atoms with Crippen LogP contribution in [-0.2, 0) is 4.79 Å². The Morgan fingerprint density at radius 1 is 0.971 bits per heavy atom. The van der Waals surface area contributed by atoms with Gasteiger partial charge < -0.3 is 18.9 Å². The molecule has 3 rings (SSSR count). The number of allylic oxidation sites excluding steroid dienone is 1. The van der Waals surface area contributed by atoms with E-state index in [2.05, 4.69) is 6.07 Å². The Balaban J connectivity index is 1.76. The fourth-order valence-electron chi connectivity index (χ4n) is 3.03. The van der Waals surface area contributed by atoms with Crippen molar-refractivity contribution in [3.8, 4) is 29.1 Å². The van der Waals surface area contributed by atoms with E-state index in [1.807, 2.05) is 0 Å². The lowest BCUT2D eigenvalue weighted by Crippen LogP contribution is -2.28. The standard InChI is InChI=1S/C26H21Cl2NO5/c1-16(33-23-10-8-20(27)14-22(23)28)26(30)34-21-6-4-5-17(12-21)11-19(15-29)18-7-9-24(31-2)25(13-18)32-3/h4-14,16H,1-3H3/b19-11-. The molecule has 174 valence electrons. The highest BCUT2D eigenvalue weighted by Crippen LogP contribution is 2.31. The smallest absolute Gasteiger partial charge is 0.352 e.